The second-order valence-corrected chi connectivity index (χ2v) is 6.16. The topological polar surface area (TPSA) is 47.8 Å². The van der Waals surface area contributed by atoms with Crippen LogP contribution in [-0.4, -0.2) is 38.8 Å². The van der Waals surface area contributed by atoms with Gasteiger partial charge in [0.2, 0.25) is 0 Å². The molecular formula is C19H26N5+. The van der Waals surface area contributed by atoms with Crippen molar-refractivity contribution in [1.29, 1.82) is 0 Å². The van der Waals surface area contributed by atoms with Crippen LogP contribution >= 0.6 is 0 Å². The van der Waals surface area contributed by atoms with Crippen molar-refractivity contribution in [2.45, 2.75) is 12.8 Å². The van der Waals surface area contributed by atoms with E-state index < -0.39 is 0 Å². The molecule has 1 saturated heterocycles. The van der Waals surface area contributed by atoms with Gasteiger partial charge in [0, 0.05) is 36.6 Å². The minimum absolute atomic E-state index is 0.548. The van der Waals surface area contributed by atoms with Crippen LogP contribution in [0.1, 0.15) is 12.8 Å². The molecule has 1 aliphatic rings. The SMILES string of the molecule is C[NH2+]/C=C\N(C)CN=Nc1ccc(N2CCCC2)c2ccccc12. The van der Waals surface area contributed by atoms with E-state index in [2.05, 4.69) is 51.5 Å². The molecule has 2 N–H and O–H groups in total. The first-order valence-electron chi connectivity index (χ1n) is 8.60. The predicted molar refractivity (Wildman–Crippen MR) is 99.5 cm³/mol. The fourth-order valence-corrected chi connectivity index (χ4v) is 3.08. The van der Waals surface area contributed by atoms with Crippen molar-refractivity contribution in [3.63, 3.8) is 0 Å². The molecule has 1 fully saturated rings. The van der Waals surface area contributed by atoms with Crippen LogP contribution in [0.3, 0.4) is 0 Å². The second-order valence-electron chi connectivity index (χ2n) is 6.16. The van der Waals surface area contributed by atoms with Crippen molar-refractivity contribution in [2.75, 3.05) is 38.8 Å². The first-order valence-corrected chi connectivity index (χ1v) is 8.60. The first kappa shape index (κ1) is 16.5. The lowest BCUT2D eigenvalue weighted by molar-refractivity contribution is -0.557. The Morgan fingerprint density at radius 2 is 1.88 bits per heavy atom. The largest absolute Gasteiger partial charge is 0.371 e. The Bertz CT molecular complexity index is 732. The molecule has 3 rings (SSSR count). The van der Waals surface area contributed by atoms with E-state index in [1.165, 1.54) is 29.3 Å². The highest BCUT2D eigenvalue weighted by Crippen LogP contribution is 2.35. The first-order chi connectivity index (χ1) is 11.8. The Balaban J connectivity index is 1.84. The second kappa shape index (κ2) is 7.93. The van der Waals surface area contributed by atoms with Gasteiger partial charge in [-0.3, -0.25) is 0 Å². The molecule has 1 heterocycles. The number of nitrogens with zero attached hydrogens (tertiary/aromatic N) is 4. The van der Waals surface area contributed by atoms with Crippen molar-refractivity contribution in [3.8, 4) is 0 Å². The molecule has 2 aromatic rings. The van der Waals surface area contributed by atoms with Gasteiger partial charge in [-0.15, -0.1) is 0 Å². The van der Waals surface area contributed by atoms with Crippen molar-refractivity contribution in [3.05, 3.63) is 48.8 Å². The maximum atomic E-state index is 4.47. The molecule has 0 amide bonds. The highest BCUT2D eigenvalue weighted by Gasteiger charge is 2.15. The van der Waals surface area contributed by atoms with Crippen LogP contribution < -0.4 is 10.2 Å². The lowest BCUT2D eigenvalue weighted by Gasteiger charge is -2.20. The third kappa shape index (κ3) is 3.74. The van der Waals surface area contributed by atoms with Gasteiger partial charge in [0.15, 0.2) is 0 Å². The minimum atomic E-state index is 0.548. The molecular weight excluding hydrogens is 298 g/mol. The highest BCUT2D eigenvalue weighted by molar-refractivity contribution is 6.01. The van der Waals surface area contributed by atoms with E-state index in [-0.39, 0.29) is 0 Å². The van der Waals surface area contributed by atoms with E-state index in [4.69, 9.17) is 0 Å². The van der Waals surface area contributed by atoms with Gasteiger partial charge in [0.1, 0.15) is 12.9 Å². The van der Waals surface area contributed by atoms with E-state index in [0.29, 0.717) is 6.67 Å². The summed E-state index contributed by atoms with van der Waals surface area (Å²) < 4.78 is 0. The molecule has 1 aliphatic heterocycles. The molecule has 2 aromatic carbocycles. The van der Waals surface area contributed by atoms with Crippen molar-refractivity contribution < 1.29 is 5.32 Å². The Morgan fingerprint density at radius 1 is 1.12 bits per heavy atom. The number of nitrogens with two attached hydrogens (primary N) is 1. The zero-order valence-corrected chi connectivity index (χ0v) is 14.5. The zero-order chi connectivity index (χ0) is 16.8. The maximum absolute atomic E-state index is 4.47. The molecule has 0 spiro atoms. The van der Waals surface area contributed by atoms with E-state index in [9.17, 15) is 0 Å². The van der Waals surface area contributed by atoms with Crippen LogP contribution in [0.5, 0.6) is 0 Å². The number of anilines is 1. The standard InChI is InChI=1S/C19H25N5/c1-20-11-14-23(2)15-21-22-18-9-10-19(24-12-5-6-13-24)17-8-4-3-7-16(17)18/h3-4,7-11,14,20H,5-6,12-13,15H2,1-2H3/p+1/b14-11-,22-21?. The molecule has 24 heavy (non-hydrogen) atoms. The van der Waals surface area contributed by atoms with Crippen LogP contribution in [0.4, 0.5) is 11.4 Å². The fraction of sp³-hybridized carbons (Fsp3) is 0.368. The molecule has 0 saturated carbocycles. The van der Waals surface area contributed by atoms with Gasteiger partial charge in [-0.2, -0.15) is 10.2 Å². The Hall–Kier alpha value is -2.40. The molecule has 126 valence electrons. The summed E-state index contributed by atoms with van der Waals surface area (Å²) in [7, 11) is 3.99. The zero-order valence-electron chi connectivity index (χ0n) is 14.5. The molecule has 0 aromatic heterocycles. The highest BCUT2D eigenvalue weighted by atomic mass is 15.2. The lowest BCUT2D eigenvalue weighted by Crippen LogP contribution is -2.72. The quantitative estimate of drug-likeness (QED) is 0.830. The number of azo groups is 1. The third-order valence-corrected chi connectivity index (χ3v) is 4.32. The summed E-state index contributed by atoms with van der Waals surface area (Å²) in [5, 5.41) is 13.3. The van der Waals surface area contributed by atoms with Crippen LogP contribution in [0.25, 0.3) is 10.8 Å². The Kier molecular flexibility index (Phi) is 5.43. The molecule has 0 radical (unpaired) electrons. The number of fused-ring (bicyclic) bond motifs is 1. The van der Waals surface area contributed by atoms with Crippen LogP contribution in [0, 0.1) is 0 Å². The monoisotopic (exact) mass is 324 g/mol. The number of benzene rings is 2. The van der Waals surface area contributed by atoms with E-state index >= 15 is 0 Å². The average Bonchev–Trinajstić information content (AvgIpc) is 3.14. The summed E-state index contributed by atoms with van der Waals surface area (Å²) in [4.78, 5) is 4.48. The van der Waals surface area contributed by atoms with E-state index in [1.807, 2.05) is 36.7 Å². The minimum Gasteiger partial charge on any atom is -0.371 e. The van der Waals surface area contributed by atoms with Gasteiger partial charge in [0.25, 0.3) is 0 Å². The number of hydrogen-bond acceptors (Lipinski definition) is 4. The smallest absolute Gasteiger partial charge is 0.131 e. The van der Waals surface area contributed by atoms with Crippen molar-refractivity contribution in [1.82, 2.24) is 4.90 Å². The molecule has 0 unspecified atom stereocenters. The maximum Gasteiger partial charge on any atom is 0.131 e. The van der Waals surface area contributed by atoms with Gasteiger partial charge in [0.05, 0.1) is 18.9 Å². The van der Waals surface area contributed by atoms with Crippen molar-refractivity contribution in [2.24, 2.45) is 10.2 Å². The Morgan fingerprint density at radius 3 is 2.62 bits per heavy atom. The normalized spacial score (nSPS) is 15.2. The summed E-state index contributed by atoms with van der Waals surface area (Å²) in [5.41, 5.74) is 2.26. The van der Waals surface area contributed by atoms with Gasteiger partial charge in [-0.1, -0.05) is 24.3 Å². The predicted octanol–water partition coefficient (Wildman–Crippen LogP) is 3.08. The van der Waals surface area contributed by atoms with Crippen LogP contribution in [0.2, 0.25) is 0 Å². The van der Waals surface area contributed by atoms with Crippen molar-refractivity contribution >= 4 is 22.1 Å². The average molecular weight is 324 g/mol. The Labute approximate surface area is 143 Å². The summed E-state index contributed by atoms with van der Waals surface area (Å²) in [6.07, 6.45) is 6.55. The summed E-state index contributed by atoms with van der Waals surface area (Å²) >= 11 is 0. The van der Waals surface area contributed by atoms with E-state index in [1.54, 1.807) is 0 Å². The van der Waals surface area contributed by atoms with E-state index in [0.717, 1.165) is 18.8 Å². The number of quaternary nitrogens is 1. The lowest BCUT2D eigenvalue weighted by atomic mass is 10.1. The number of rotatable bonds is 6. The fourth-order valence-electron chi connectivity index (χ4n) is 3.08. The third-order valence-electron chi connectivity index (χ3n) is 4.32. The summed E-state index contributed by atoms with van der Waals surface area (Å²) in [6, 6.07) is 12.8. The summed E-state index contributed by atoms with van der Waals surface area (Å²) in [6.45, 7) is 2.85. The van der Waals surface area contributed by atoms with Gasteiger partial charge in [-0.25, -0.2) is 0 Å². The van der Waals surface area contributed by atoms with Gasteiger partial charge in [-0.05, 0) is 25.0 Å². The number of hydrogen-bond donors (Lipinski definition) is 1. The molecule has 0 bridgehead atoms. The molecule has 0 atom stereocenters. The van der Waals surface area contributed by atoms with Gasteiger partial charge >= 0.3 is 0 Å². The summed E-state index contributed by atoms with van der Waals surface area (Å²) in [5.74, 6) is 0. The van der Waals surface area contributed by atoms with Crippen LogP contribution in [-0.2, 0) is 0 Å². The molecule has 5 heteroatoms. The molecule has 0 aliphatic carbocycles. The van der Waals surface area contributed by atoms with Gasteiger partial charge < -0.3 is 15.1 Å². The van der Waals surface area contributed by atoms with Crippen LogP contribution in [0.15, 0.2) is 59.0 Å². The molecule has 5 nitrogen and oxygen atoms in total.